The topological polar surface area (TPSA) is 74.2 Å². The van der Waals surface area contributed by atoms with Gasteiger partial charge in [-0.05, 0) is 111 Å². The minimum Gasteiger partial charge on any atom is -1.00 e. The summed E-state index contributed by atoms with van der Waals surface area (Å²) in [7, 11) is 3.31. The first-order chi connectivity index (χ1) is 27.0. The number of Topliss-reactive ketones (excluding diaryl/α,β-unsaturated/α-hetero) is 1. The van der Waals surface area contributed by atoms with Gasteiger partial charge in [-0.25, -0.2) is 0 Å². The molecule has 8 rings (SSSR count). The standard InChI is InChI=1S/C25H26O3.C18H18O2.C7H8O.BrH.Mg.H/c1-16-5-8-19(9-6-16)23-15-28-24-18(3)17(2)7-14-22(24)25(23,26)20-10-12-21(27-4)13-11-20;1-11-4-7-14(8-5-11)16-10-20-18-13(3)12(2)6-9-15(18)17(16)19;1-8-7-5-3-2-4-6-7;;;/h5-14,23,26H,15H2,1-4H3;4-9,16H,10H2,1-3H3;2-6H,1H3;1H;;/q;;;;+2;-1/p-1. The summed E-state index contributed by atoms with van der Waals surface area (Å²) in [5.74, 6) is 3.00. The smallest absolute Gasteiger partial charge is 1.00 e. The van der Waals surface area contributed by atoms with Crippen molar-refractivity contribution >= 4 is 28.8 Å². The summed E-state index contributed by atoms with van der Waals surface area (Å²) < 4.78 is 22.3. The first-order valence-corrected chi connectivity index (χ1v) is 19.1. The largest absolute Gasteiger partial charge is 2.00 e. The molecular weight excluding hydrogens is 801 g/mol. The van der Waals surface area contributed by atoms with Crippen molar-refractivity contribution in [3.8, 4) is 23.0 Å². The normalized spacial score (nSPS) is 17.4. The van der Waals surface area contributed by atoms with Gasteiger partial charge in [0.25, 0.3) is 0 Å². The zero-order valence-electron chi connectivity index (χ0n) is 35.8. The van der Waals surface area contributed by atoms with Crippen molar-refractivity contribution in [1.82, 2.24) is 0 Å². The number of methoxy groups -OCH3 is 2. The summed E-state index contributed by atoms with van der Waals surface area (Å²) in [5.41, 5.74) is 10.1. The van der Waals surface area contributed by atoms with Crippen molar-refractivity contribution < 1.29 is 47.3 Å². The van der Waals surface area contributed by atoms with Crippen molar-refractivity contribution in [1.29, 1.82) is 0 Å². The summed E-state index contributed by atoms with van der Waals surface area (Å²) >= 11 is 0. The number of halogens is 1. The molecule has 6 aromatic carbocycles. The molecule has 0 aliphatic carbocycles. The maximum atomic E-state index is 12.7. The molecule has 0 aromatic heterocycles. The summed E-state index contributed by atoms with van der Waals surface area (Å²) in [6.07, 6.45) is 0. The van der Waals surface area contributed by atoms with Crippen LogP contribution < -0.4 is 35.9 Å². The summed E-state index contributed by atoms with van der Waals surface area (Å²) in [4.78, 5) is 12.7. The quantitative estimate of drug-likeness (QED) is 0.182. The molecule has 1 N–H and O–H groups in total. The van der Waals surface area contributed by atoms with E-state index in [1.54, 1.807) is 14.2 Å². The summed E-state index contributed by atoms with van der Waals surface area (Å²) in [5, 5.41) is 12.2. The fourth-order valence-corrected chi connectivity index (χ4v) is 7.29. The molecule has 6 nitrogen and oxygen atoms in total. The number of fused-ring (bicyclic) bond motifs is 2. The number of benzene rings is 6. The molecule has 3 unspecified atom stereocenters. The number of ketones is 1. The van der Waals surface area contributed by atoms with Gasteiger partial charge >= 0.3 is 23.1 Å². The Hall–Kier alpha value is -4.60. The van der Waals surface area contributed by atoms with Crippen molar-refractivity contribution in [3.63, 3.8) is 0 Å². The number of rotatable bonds is 5. The number of aryl methyl sites for hydroxylation is 4. The minimum absolute atomic E-state index is 0. The SMILES string of the molecule is COc1ccc(C2(O)c3ccc(C)c(C)c3OCC2c2ccc(C)cc2)cc1.COc1ccccc1.Cc1ccc(C2COc3c(ccc(C)c3C)C2=O)cc1.[Br-].[H-].[Mg+2]. The van der Waals surface area contributed by atoms with Gasteiger partial charge in [0.05, 0.1) is 38.2 Å². The first-order valence-electron chi connectivity index (χ1n) is 19.1. The van der Waals surface area contributed by atoms with Gasteiger partial charge in [0, 0.05) is 5.56 Å². The second kappa shape index (κ2) is 20.4. The number of hydrogen-bond donors (Lipinski definition) is 1. The average Bonchev–Trinajstić information content (AvgIpc) is 3.22. The molecule has 3 atom stereocenters. The molecule has 6 aromatic rings. The average molecular weight is 854 g/mol. The van der Waals surface area contributed by atoms with Crippen molar-refractivity contribution in [2.45, 2.75) is 59.0 Å². The Kier molecular flexibility index (Phi) is 16.2. The molecule has 0 spiro atoms. The van der Waals surface area contributed by atoms with Crippen LogP contribution in [0.15, 0.2) is 127 Å². The molecule has 2 heterocycles. The van der Waals surface area contributed by atoms with Crippen LogP contribution in [0.2, 0.25) is 0 Å². The molecule has 8 heteroatoms. The minimum atomic E-state index is -1.19. The molecule has 2 aliphatic rings. The first kappa shape index (κ1) is 46.1. The van der Waals surface area contributed by atoms with E-state index in [0.717, 1.165) is 67.5 Å². The van der Waals surface area contributed by atoms with E-state index in [1.165, 1.54) is 11.1 Å². The van der Waals surface area contributed by atoms with Gasteiger partial charge in [-0.15, -0.1) is 0 Å². The molecule has 0 radical (unpaired) electrons. The number of para-hydroxylation sites is 1. The van der Waals surface area contributed by atoms with Gasteiger partial charge in [-0.2, -0.15) is 0 Å². The Bertz CT molecular complexity index is 2280. The molecule has 0 fully saturated rings. The van der Waals surface area contributed by atoms with Crippen LogP contribution in [0.1, 0.15) is 79.3 Å². The molecule has 0 saturated carbocycles. The van der Waals surface area contributed by atoms with E-state index in [1.807, 2.05) is 118 Å². The molecule has 0 amide bonds. The molecule has 2 aliphatic heterocycles. The number of aliphatic hydroxyl groups is 1. The van der Waals surface area contributed by atoms with E-state index in [2.05, 4.69) is 51.1 Å². The molecule has 298 valence electrons. The van der Waals surface area contributed by atoms with E-state index in [9.17, 15) is 9.90 Å². The van der Waals surface area contributed by atoms with Gasteiger partial charge in [0.15, 0.2) is 5.78 Å². The Morgan fingerprint density at radius 3 is 1.66 bits per heavy atom. The second-order valence-electron chi connectivity index (χ2n) is 14.7. The molecular formula is C50H53BrMgO6. The van der Waals surface area contributed by atoms with E-state index < -0.39 is 5.60 Å². The predicted octanol–water partition coefficient (Wildman–Crippen LogP) is 7.43. The number of ether oxygens (including phenoxy) is 4. The van der Waals surface area contributed by atoms with E-state index >= 15 is 0 Å². The summed E-state index contributed by atoms with van der Waals surface area (Å²) in [6, 6.07) is 41.8. The zero-order valence-corrected chi connectivity index (χ0v) is 37.8. The summed E-state index contributed by atoms with van der Waals surface area (Å²) in [6.45, 7) is 13.1. The van der Waals surface area contributed by atoms with E-state index in [-0.39, 0.29) is 59.1 Å². The van der Waals surface area contributed by atoms with Gasteiger partial charge in [0.1, 0.15) is 35.2 Å². The van der Waals surface area contributed by atoms with Crippen LogP contribution in [0.3, 0.4) is 0 Å². The Labute approximate surface area is 372 Å². The van der Waals surface area contributed by atoms with Crippen LogP contribution in [0.25, 0.3) is 0 Å². The molecule has 0 bridgehead atoms. The van der Waals surface area contributed by atoms with Crippen LogP contribution in [0.5, 0.6) is 23.0 Å². The molecule has 58 heavy (non-hydrogen) atoms. The van der Waals surface area contributed by atoms with Gasteiger partial charge < -0.3 is 42.5 Å². The Morgan fingerprint density at radius 1 is 0.603 bits per heavy atom. The maximum absolute atomic E-state index is 12.7. The van der Waals surface area contributed by atoms with E-state index in [4.69, 9.17) is 18.9 Å². The third-order valence-electron chi connectivity index (χ3n) is 11.1. The van der Waals surface area contributed by atoms with Crippen molar-refractivity contribution in [2.75, 3.05) is 27.4 Å². The number of carbonyl (C=O) groups is 1. The van der Waals surface area contributed by atoms with Gasteiger partial charge in [0.2, 0.25) is 0 Å². The van der Waals surface area contributed by atoms with Crippen LogP contribution >= 0.6 is 0 Å². The fourth-order valence-electron chi connectivity index (χ4n) is 7.29. The predicted molar refractivity (Wildman–Crippen MR) is 231 cm³/mol. The van der Waals surface area contributed by atoms with Crippen molar-refractivity contribution in [2.24, 2.45) is 0 Å². The monoisotopic (exact) mass is 852 g/mol. The Balaban J connectivity index is 0.000000262. The van der Waals surface area contributed by atoms with Crippen LogP contribution in [0, 0.1) is 41.5 Å². The number of hydrogen-bond acceptors (Lipinski definition) is 6. The van der Waals surface area contributed by atoms with Gasteiger partial charge in [-0.1, -0.05) is 108 Å². The number of carbonyl (C=O) groups excluding carboxylic acids is 1. The van der Waals surface area contributed by atoms with Crippen LogP contribution in [-0.4, -0.2) is 61.4 Å². The Morgan fingerprint density at radius 2 is 1.10 bits per heavy atom. The fraction of sp³-hybridized carbons (Fsp3) is 0.260. The second-order valence-corrected chi connectivity index (χ2v) is 14.7. The maximum Gasteiger partial charge on any atom is 2.00 e. The zero-order chi connectivity index (χ0) is 40.0. The van der Waals surface area contributed by atoms with Gasteiger partial charge in [-0.3, -0.25) is 4.79 Å². The third kappa shape index (κ3) is 9.80. The third-order valence-corrected chi connectivity index (χ3v) is 11.1. The van der Waals surface area contributed by atoms with E-state index in [0.29, 0.717) is 18.8 Å². The molecule has 0 saturated heterocycles. The van der Waals surface area contributed by atoms with Crippen LogP contribution in [-0.2, 0) is 5.60 Å². The van der Waals surface area contributed by atoms with Crippen molar-refractivity contribution in [3.05, 3.63) is 189 Å². The van der Waals surface area contributed by atoms with Crippen LogP contribution in [0.4, 0.5) is 0 Å².